The zero-order chi connectivity index (χ0) is 14.7. The topological polar surface area (TPSA) is 29.5 Å². The van der Waals surface area contributed by atoms with Crippen LogP contribution in [-0.4, -0.2) is 12.2 Å². The highest BCUT2D eigenvalue weighted by Crippen LogP contribution is 2.27. The molecule has 0 amide bonds. The molecular weight excluding hydrogens is 279 g/mol. The highest BCUT2D eigenvalue weighted by atomic mass is 35.5. The van der Waals surface area contributed by atoms with E-state index in [4.69, 9.17) is 16.3 Å². The summed E-state index contributed by atoms with van der Waals surface area (Å²) >= 11 is 5.74. The molecule has 0 saturated carbocycles. The molecule has 0 aromatic heterocycles. The third-order valence-corrected chi connectivity index (χ3v) is 3.57. The summed E-state index contributed by atoms with van der Waals surface area (Å²) in [6, 6.07) is 10.2. The van der Waals surface area contributed by atoms with Gasteiger partial charge in [0.05, 0.1) is 18.2 Å². The van der Waals surface area contributed by atoms with Crippen LogP contribution in [0.5, 0.6) is 5.75 Å². The van der Waals surface area contributed by atoms with Crippen molar-refractivity contribution in [2.45, 2.75) is 19.4 Å². The number of aryl methyl sites for hydroxylation is 1. The summed E-state index contributed by atoms with van der Waals surface area (Å²) in [6.45, 7) is 1.88. The van der Waals surface area contributed by atoms with E-state index in [0.29, 0.717) is 5.56 Å². The molecule has 0 fully saturated rings. The maximum absolute atomic E-state index is 13.8. The summed E-state index contributed by atoms with van der Waals surface area (Å²) in [7, 11) is 1.59. The van der Waals surface area contributed by atoms with Gasteiger partial charge in [-0.15, -0.1) is 0 Å². The van der Waals surface area contributed by atoms with Crippen molar-refractivity contribution in [2.24, 2.45) is 0 Å². The molecule has 0 heterocycles. The third kappa shape index (κ3) is 3.11. The largest absolute Gasteiger partial charge is 0.497 e. The first-order valence-corrected chi connectivity index (χ1v) is 6.66. The molecule has 2 rings (SSSR count). The fraction of sp³-hybridized carbons (Fsp3) is 0.250. The smallest absolute Gasteiger partial charge is 0.145 e. The van der Waals surface area contributed by atoms with Gasteiger partial charge >= 0.3 is 0 Å². The van der Waals surface area contributed by atoms with Crippen molar-refractivity contribution >= 4 is 11.6 Å². The molecule has 0 radical (unpaired) electrons. The number of benzene rings is 2. The van der Waals surface area contributed by atoms with Crippen molar-refractivity contribution in [1.82, 2.24) is 0 Å². The average Bonchev–Trinajstić information content (AvgIpc) is 2.43. The number of methoxy groups -OCH3 is 1. The first-order chi connectivity index (χ1) is 9.52. The molecule has 0 spiro atoms. The first kappa shape index (κ1) is 14.8. The van der Waals surface area contributed by atoms with Crippen LogP contribution in [0.3, 0.4) is 0 Å². The minimum absolute atomic E-state index is 0.0705. The van der Waals surface area contributed by atoms with Crippen LogP contribution in [0.2, 0.25) is 5.02 Å². The number of rotatable bonds is 4. The van der Waals surface area contributed by atoms with E-state index < -0.39 is 11.9 Å². The maximum Gasteiger partial charge on any atom is 0.145 e. The van der Waals surface area contributed by atoms with Gasteiger partial charge in [0.15, 0.2) is 0 Å². The quantitative estimate of drug-likeness (QED) is 0.921. The van der Waals surface area contributed by atoms with E-state index in [1.54, 1.807) is 31.4 Å². The van der Waals surface area contributed by atoms with Crippen LogP contribution in [0.1, 0.15) is 22.8 Å². The number of hydrogen-bond donors (Lipinski definition) is 1. The molecule has 20 heavy (non-hydrogen) atoms. The molecule has 0 bridgehead atoms. The Labute approximate surface area is 122 Å². The Balaban J connectivity index is 2.24. The second-order valence-corrected chi connectivity index (χ2v) is 5.06. The van der Waals surface area contributed by atoms with Gasteiger partial charge in [-0.2, -0.15) is 0 Å². The predicted octanol–water partition coefficient (Wildman–Crippen LogP) is 4.07. The summed E-state index contributed by atoms with van der Waals surface area (Å²) in [5, 5.41) is 10.4. The molecule has 0 aliphatic heterocycles. The monoisotopic (exact) mass is 294 g/mol. The van der Waals surface area contributed by atoms with Gasteiger partial charge in [0.1, 0.15) is 11.6 Å². The van der Waals surface area contributed by atoms with E-state index in [-0.39, 0.29) is 11.4 Å². The normalized spacial score (nSPS) is 12.2. The van der Waals surface area contributed by atoms with Crippen LogP contribution in [0.4, 0.5) is 4.39 Å². The lowest BCUT2D eigenvalue weighted by atomic mass is 9.97. The summed E-state index contributed by atoms with van der Waals surface area (Å²) in [5.41, 5.74) is 2.06. The first-order valence-electron chi connectivity index (χ1n) is 6.28. The Hall–Kier alpha value is -1.58. The number of hydrogen-bond acceptors (Lipinski definition) is 2. The van der Waals surface area contributed by atoms with Gasteiger partial charge in [-0.25, -0.2) is 4.39 Å². The summed E-state index contributed by atoms with van der Waals surface area (Å²) < 4.78 is 19.0. The van der Waals surface area contributed by atoms with E-state index in [9.17, 15) is 9.50 Å². The molecule has 2 aromatic carbocycles. The average molecular weight is 295 g/mol. The molecule has 106 valence electrons. The van der Waals surface area contributed by atoms with Gasteiger partial charge in [0, 0.05) is 6.42 Å². The Morgan fingerprint density at radius 1 is 1.30 bits per heavy atom. The second-order valence-electron chi connectivity index (χ2n) is 4.66. The molecular formula is C16H16ClFO2. The van der Waals surface area contributed by atoms with Gasteiger partial charge in [-0.05, 0) is 41.8 Å². The maximum atomic E-state index is 13.8. The highest BCUT2D eigenvalue weighted by Gasteiger charge is 2.15. The zero-order valence-corrected chi connectivity index (χ0v) is 12.1. The van der Waals surface area contributed by atoms with Crippen LogP contribution in [0, 0.1) is 12.7 Å². The minimum atomic E-state index is -0.783. The summed E-state index contributed by atoms with van der Waals surface area (Å²) in [6.07, 6.45) is -0.603. The van der Waals surface area contributed by atoms with Gasteiger partial charge in [0.2, 0.25) is 0 Å². The zero-order valence-electron chi connectivity index (χ0n) is 11.4. The fourth-order valence-electron chi connectivity index (χ4n) is 2.17. The van der Waals surface area contributed by atoms with E-state index >= 15 is 0 Å². The number of ether oxygens (including phenoxy) is 1. The van der Waals surface area contributed by atoms with Crippen molar-refractivity contribution < 1.29 is 14.2 Å². The molecule has 1 unspecified atom stereocenters. The van der Waals surface area contributed by atoms with Crippen LogP contribution >= 0.6 is 11.6 Å². The molecule has 0 aliphatic carbocycles. The SMILES string of the molecule is COc1ccc(C(O)Cc2cccc(Cl)c2F)c(C)c1. The Kier molecular flexibility index (Phi) is 4.63. The summed E-state index contributed by atoms with van der Waals surface area (Å²) in [5.74, 6) is 0.256. The number of aliphatic hydroxyl groups excluding tert-OH is 1. The lowest BCUT2D eigenvalue weighted by Crippen LogP contribution is -2.05. The van der Waals surface area contributed by atoms with Gasteiger partial charge in [-0.1, -0.05) is 29.8 Å². The highest BCUT2D eigenvalue weighted by molar-refractivity contribution is 6.30. The molecule has 2 nitrogen and oxygen atoms in total. The minimum Gasteiger partial charge on any atom is -0.497 e. The Bertz CT molecular complexity index is 613. The third-order valence-electron chi connectivity index (χ3n) is 3.28. The molecule has 0 aliphatic rings. The predicted molar refractivity (Wildman–Crippen MR) is 77.8 cm³/mol. The fourth-order valence-corrected chi connectivity index (χ4v) is 2.37. The van der Waals surface area contributed by atoms with Crippen LogP contribution in [0.15, 0.2) is 36.4 Å². The Morgan fingerprint density at radius 2 is 2.05 bits per heavy atom. The molecule has 0 saturated heterocycles. The van der Waals surface area contributed by atoms with Crippen molar-refractivity contribution in [3.63, 3.8) is 0 Å². The standard InChI is InChI=1S/C16H16ClFO2/c1-10-8-12(20-2)6-7-13(10)15(19)9-11-4-3-5-14(17)16(11)18/h3-8,15,19H,9H2,1-2H3. The van der Waals surface area contributed by atoms with Crippen molar-refractivity contribution in [3.05, 3.63) is 63.9 Å². The lowest BCUT2D eigenvalue weighted by Gasteiger charge is -2.15. The van der Waals surface area contributed by atoms with Gasteiger partial charge in [-0.3, -0.25) is 0 Å². The van der Waals surface area contributed by atoms with Crippen molar-refractivity contribution in [3.8, 4) is 5.75 Å². The van der Waals surface area contributed by atoms with E-state index in [1.807, 2.05) is 13.0 Å². The molecule has 4 heteroatoms. The van der Waals surface area contributed by atoms with Crippen molar-refractivity contribution in [2.75, 3.05) is 7.11 Å². The Morgan fingerprint density at radius 3 is 2.70 bits per heavy atom. The van der Waals surface area contributed by atoms with Gasteiger partial charge < -0.3 is 9.84 Å². The van der Waals surface area contributed by atoms with Crippen molar-refractivity contribution in [1.29, 1.82) is 0 Å². The van der Waals surface area contributed by atoms with Crippen LogP contribution in [0.25, 0.3) is 0 Å². The molecule has 1 atom stereocenters. The molecule has 2 aromatic rings. The second kappa shape index (κ2) is 6.25. The lowest BCUT2D eigenvalue weighted by molar-refractivity contribution is 0.176. The van der Waals surface area contributed by atoms with Crippen LogP contribution < -0.4 is 4.74 Å². The molecule has 1 N–H and O–H groups in total. The van der Waals surface area contributed by atoms with Crippen LogP contribution in [-0.2, 0) is 6.42 Å². The number of aliphatic hydroxyl groups is 1. The van der Waals surface area contributed by atoms with E-state index in [0.717, 1.165) is 16.9 Å². The summed E-state index contributed by atoms with van der Waals surface area (Å²) in [4.78, 5) is 0. The van der Waals surface area contributed by atoms with Gasteiger partial charge in [0.25, 0.3) is 0 Å². The number of halogens is 2. The van der Waals surface area contributed by atoms with E-state index in [1.165, 1.54) is 6.07 Å². The van der Waals surface area contributed by atoms with E-state index in [2.05, 4.69) is 0 Å².